The Morgan fingerprint density at radius 3 is 2.45 bits per heavy atom. The molecular formula is C13H20ClN3O2S. The lowest BCUT2D eigenvalue weighted by Crippen LogP contribution is -2.39. The minimum atomic E-state index is -2.96. The molecule has 0 amide bonds. The molecule has 5 nitrogen and oxygen atoms in total. The second-order valence-electron chi connectivity index (χ2n) is 4.22. The van der Waals surface area contributed by atoms with Gasteiger partial charge in [-0.1, -0.05) is 30.7 Å². The van der Waals surface area contributed by atoms with Crippen LogP contribution in [0.2, 0.25) is 5.02 Å². The second-order valence-corrected chi connectivity index (χ2v) is 7.12. The van der Waals surface area contributed by atoms with E-state index in [1.807, 2.05) is 24.3 Å². The molecule has 112 valence electrons. The van der Waals surface area contributed by atoms with E-state index in [4.69, 9.17) is 11.6 Å². The van der Waals surface area contributed by atoms with Crippen molar-refractivity contribution in [2.75, 3.05) is 25.1 Å². The number of guanidine groups is 1. The van der Waals surface area contributed by atoms with Gasteiger partial charge in [-0.15, -0.1) is 0 Å². The maximum Gasteiger partial charge on any atom is 0.191 e. The molecule has 0 aliphatic rings. The van der Waals surface area contributed by atoms with Crippen molar-refractivity contribution in [1.82, 2.24) is 10.6 Å². The fourth-order valence-corrected chi connectivity index (χ4v) is 2.31. The summed E-state index contributed by atoms with van der Waals surface area (Å²) in [4.78, 5) is 4.04. The number of aliphatic imine (C=N–C) groups is 1. The van der Waals surface area contributed by atoms with Crippen molar-refractivity contribution >= 4 is 27.4 Å². The Balaban J connectivity index is 2.39. The normalized spacial score (nSPS) is 12.2. The molecule has 2 N–H and O–H groups in total. The summed E-state index contributed by atoms with van der Waals surface area (Å²) in [6.45, 7) is 2.58. The Bertz CT molecular complexity index is 541. The Labute approximate surface area is 125 Å². The molecule has 0 bridgehead atoms. The summed E-state index contributed by atoms with van der Waals surface area (Å²) in [5.41, 5.74) is 1.07. The lowest BCUT2D eigenvalue weighted by molar-refractivity contribution is 0.595. The lowest BCUT2D eigenvalue weighted by atomic mass is 10.2. The van der Waals surface area contributed by atoms with Gasteiger partial charge in [0.25, 0.3) is 0 Å². The molecule has 0 aliphatic heterocycles. The number of benzene rings is 1. The Kier molecular flexibility index (Phi) is 6.81. The Morgan fingerprint density at radius 2 is 1.90 bits per heavy atom. The summed E-state index contributed by atoms with van der Waals surface area (Å²) in [5.74, 6) is 0.836. The fourth-order valence-electron chi connectivity index (χ4n) is 1.48. The average molecular weight is 318 g/mol. The van der Waals surface area contributed by atoms with Crippen LogP contribution < -0.4 is 10.6 Å². The number of nitrogens with one attached hydrogen (secondary N) is 2. The predicted octanol–water partition coefficient (Wildman–Crippen LogP) is 1.44. The molecule has 0 heterocycles. The molecule has 0 atom stereocenters. The molecule has 1 aromatic carbocycles. The predicted molar refractivity (Wildman–Crippen MR) is 84.0 cm³/mol. The van der Waals surface area contributed by atoms with Gasteiger partial charge in [0.05, 0.1) is 5.75 Å². The lowest BCUT2D eigenvalue weighted by Gasteiger charge is -2.11. The topological polar surface area (TPSA) is 70.6 Å². The highest BCUT2D eigenvalue weighted by Gasteiger charge is 2.07. The van der Waals surface area contributed by atoms with Crippen molar-refractivity contribution in [2.45, 2.75) is 13.5 Å². The molecule has 0 saturated carbocycles. The minimum Gasteiger partial charge on any atom is -0.355 e. The van der Waals surface area contributed by atoms with Crippen molar-refractivity contribution in [3.8, 4) is 0 Å². The monoisotopic (exact) mass is 317 g/mol. The molecule has 0 fully saturated rings. The van der Waals surface area contributed by atoms with E-state index in [0.29, 0.717) is 24.1 Å². The van der Waals surface area contributed by atoms with Crippen LogP contribution in [0, 0.1) is 0 Å². The highest BCUT2D eigenvalue weighted by Crippen LogP contribution is 2.08. The first-order valence-corrected chi connectivity index (χ1v) is 8.56. The maximum absolute atomic E-state index is 11.4. The first-order chi connectivity index (χ1) is 9.46. The van der Waals surface area contributed by atoms with Crippen LogP contribution in [0.3, 0.4) is 0 Å². The van der Waals surface area contributed by atoms with Crippen LogP contribution in [0.1, 0.15) is 12.5 Å². The largest absolute Gasteiger partial charge is 0.355 e. The van der Waals surface area contributed by atoms with Gasteiger partial charge in [-0.2, -0.15) is 0 Å². The smallest absolute Gasteiger partial charge is 0.191 e. The van der Waals surface area contributed by atoms with Gasteiger partial charge in [0.15, 0.2) is 15.8 Å². The molecule has 0 unspecified atom stereocenters. The van der Waals surface area contributed by atoms with Crippen molar-refractivity contribution in [2.24, 2.45) is 4.99 Å². The van der Waals surface area contributed by atoms with Gasteiger partial charge in [-0.3, -0.25) is 4.99 Å². The first-order valence-electron chi connectivity index (χ1n) is 6.36. The number of rotatable bonds is 6. The number of halogens is 1. The van der Waals surface area contributed by atoms with Gasteiger partial charge in [0.2, 0.25) is 0 Å². The van der Waals surface area contributed by atoms with E-state index in [0.717, 1.165) is 5.56 Å². The van der Waals surface area contributed by atoms with Crippen molar-refractivity contribution in [3.05, 3.63) is 34.9 Å². The van der Waals surface area contributed by atoms with Crippen LogP contribution in [0.4, 0.5) is 0 Å². The van der Waals surface area contributed by atoms with E-state index in [9.17, 15) is 8.42 Å². The standard InChI is InChI=1S/C13H20ClN3O2S/c1-3-20(18,19)9-8-16-13(15-2)17-10-11-4-6-12(14)7-5-11/h4-7H,3,8-10H2,1-2H3,(H2,15,16,17). The van der Waals surface area contributed by atoms with E-state index in [1.165, 1.54) is 0 Å². The molecule has 7 heteroatoms. The van der Waals surface area contributed by atoms with E-state index in [2.05, 4.69) is 15.6 Å². The van der Waals surface area contributed by atoms with Gasteiger partial charge in [-0.05, 0) is 17.7 Å². The summed E-state index contributed by atoms with van der Waals surface area (Å²) in [6, 6.07) is 7.49. The SMILES string of the molecule is CCS(=O)(=O)CCNC(=NC)NCc1ccc(Cl)cc1. The summed E-state index contributed by atoms with van der Waals surface area (Å²) in [7, 11) is -1.31. The van der Waals surface area contributed by atoms with Gasteiger partial charge in [-0.25, -0.2) is 8.42 Å². The van der Waals surface area contributed by atoms with Gasteiger partial charge < -0.3 is 10.6 Å². The molecular weight excluding hydrogens is 298 g/mol. The van der Waals surface area contributed by atoms with Crippen LogP contribution in [-0.2, 0) is 16.4 Å². The van der Waals surface area contributed by atoms with Crippen molar-refractivity contribution < 1.29 is 8.42 Å². The zero-order chi connectivity index (χ0) is 15.0. The molecule has 0 spiro atoms. The third-order valence-corrected chi connectivity index (χ3v) is 4.70. The van der Waals surface area contributed by atoms with E-state index in [-0.39, 0.29) is 11.5 Å². The number of sulfone groups is 1. The number of hydrogen-bond acceptors (Lipinski definition) is 3. The zero-order valence-electron chi connectivity index (χ0n) is 11.7. The molecule has 0 saturated heterocycles. The number of hydrogen-bond donors (Lipinski definition) is 2. The van der Waals surface area contributed by atoms with Crippen LogP contribution >= 0.6 is 11.6 Å². The van der Waals surface area contributed by atoms with E-state index < -0.39 is 9.84 Å². The Morgan fingerprint density at radius 1 is 1.25 bits per heavy atom. The van der Waals surface area contributed by atoms with Gasteiger partial charge >= 0.3 is 0 Å². The van der Waals surface area contributed by atoms with Crippen molar-refractivity contribution in [3.63, 3.8) is 0 Å². The molecule has 0 radical (unpaired) electrons. The van der Waals surface area contributed by atoms with Crippen LogP contribution in [0.5, 0.6) is 0 Å². The van der Waals surface area contributed by atoms with Gasteiger partial charge in [0.1, 0.15) is 0 Å². The second kappa shape index (κ2) is 8.11. The first kappa shape index (κ1) is 16.8. The highest BCUT2D eigenvalue weighted by molar-refractivity contribution is 7.91. The quantitative estimate of drug-likeness (QED) is 0.615. The van der Waals surface area contributed by atoms with Gasteiger partial charge in [0, 0.05) is 30.9 Å². The molecule has 1 rings (SSSR count). The summed E-state index contributed by atoms with van der Waals surface area (Å²) in [5, 5.41) is 6.78. The highest BCUT2D eigenvalue weighted by atomic mass is 35.5. The van der Waals surface area contributed by atoms with Crippen LogP contribution in [0.15, 0.2) is 29.3 Å². The zero-order valence-corrected chi connectivity index (χ0v) is 13.3. The summed E-state index contributed by atoms with van der Waals surface area (Å²) < 4.78 is 22.7. The van der Waals surface area contributed by atoms with Crippen LogP contribution in [0.25, 0.3) is 0 Å². The minimum absolute atomic E-state index is 0.102. The molecule has 20 heavy (non-hydrogen) atoms. The van der Waals surface area contributed by atoms with E-state index >= 15 is 0 Å². The Hall–Kier alpha value is -1.27. The molecule has 0 aliphatic carbocycles. The van der Waals surface area contributed by atoms with Crippen LogP contribution in [-0.4, -0.2) is 39.5 Å². The third kappa shape index (κ3) is 6.25. The fraction of sp³-hybridized carbons (Fsp3) is 0.462. The van der Waals surface area contributed by atoms with E-state index in [1.54, 1.807) is 14.0 Å². The summed E-state index contributed by atoms with van der Waals surface area (Å²) in [6.07, 6.45) is 0. The van der Waals surface area contributed by atoms with Crippen molar-refractivity contribution in [1.29, 1.82) is 0 Å². The molecule has 0 aromatic heterocycles. The average Bonchev–Trinajstić information content (AvgIpc) is 2.44. The number of nitrogens with zero attached hydrogens (tertiary/aromatic N) is 1. The third-order valence-electron chi connectivity index (χ3n) is 2.74. The molecule has 1 aromatic rings. The summed E-state index contributed by atoms with van der Waals surface area (Å²) >= 11 is 5.81. The maximum atomic E-state index is 11.4.